The van der Waals surface area contributed by atoms with Crippen molar-refractivity contribution in [1.82, 2.24) is 4.90 Å². The molecule has 1 heterocycles. The summed E-state index contributed by atoms with van der Waals surface area (Å²) in [5.74, 6) is -0.313. The number of anilines is 1. The van der Waals surface area contributed by atoms with Gasteiger partial charge in [0.2, 0.25) is 5.91 Å². The number of likely N-dealkylation sites (tertiary alicyclic amines) is 1. The number of carbonyl (C=O) groups is 2. The van der Waals surface area contributed by atoms with Crippen LogP contribution in [0.2, 0.25) is 0 Å². The van der Waals surface area contributed by atoms with Crippen molar-refractivity contribution in [3.05, 3.63) is 29.8 Å². The summed E-state index contributed by atoms with van der Waals surface area (Å²) in [4.78, 5) is 25.6. The van der Waals surface area contributed by atoms with Crippen molar-refractivity contribution in [2.24, 2.45) is 5.73 Å². The lowest BCUT2D eigenvalue weighted by atomic mass is 10.1. The number of nitrogens with two attached hydrogens (primary N) is 1. The molecule has 1 aromatic carbocycles. The molecule has 3 N–H and O–H groups in total. The first-order valence-electron chi connectivity index (χ1n) is 6.60. The van der Waals surface area contributed by atoms with E-state index in [-0.39, 0.29) is 18.4 Å². The number of carbonyl (C=O) groups excluding carboxylic acids is 2. The van der Waals surface area contributed by atoms with E-state index >= 15 is 0 Å². The van der Waals surface area contributed by atoms with Crippen molar-refractivity contribution in [3.63, 3.8) is 0 Å². The zero-order valence-corrected chi connectivity index (χ0v) is 10.9. The fraction of sp³-hybridized carbons (Fsp3) is 0.429. The number of amides is 2. The highest BCUT2D eigenvalue weighted by atomic mass is 16.2. The van der Waals surface area contributed by atoms with Gasteiger partial charge in [-0.25, -0.2) is 0 Å². The lowest BCUT2D eigenvalue weighted by molar-refractivity contribution is -0.114. The van der Waals surface area contributed by atoms with E-state index in [4.69, 9.17) is 5.73 Å². The minimum absolute atomic E-state index is 0.0207. The van der Waals surface area contributed by atoms with Gasteiger partial charge in [0.05, 0.1) is 17.8 Å². The highest BCUT2D eigenvalue weighted by Gasteiger charge is 2.20. The third-order valence-electron chi connectivity index (χ3n) is 3.26. The van der Waals surface area contributed by atoms with E-state index in [9.17, 15) is 9.59 Å². The third kappa shape index (κ3) is 3.32. The van der Waals surface area contributed by atoms with Crippen molar-refractivity contribution >= 4 is 17.5 Å². The summed E-state index contributed by atoms with van der Waals surface area (Å²) in [6, 6.07) is 7.06. The molecule has 0 aromatic heterocycles. The van der Waals surface area contributed by atoms with Gasteiger partial charge in [-0.3, -0.25) is 9.59 Å². The predicted molar refractivity (Wildman–Crippen MR) is 73.9 cm³/mol. The maximum absolute atomic E-state index is 12.4. The van der Waals surface area contributed by atoms with Gasteiger partial charge in [0, 0.05) is 13.1 Å². The molecule has 0 radical (unpaired) electrons. The van der Waals surface area contributed by atoms with Crippen LogP contribution in [-0.2, 0) is 4.79 Å². The van der Waals surface area contributed by atoms with E-state index in [0.29, 0.717) is 11.3 Å². The summed E-state index contributed by atoms with van der Waals surface area (Å²) >= 11 is 0. The van der Waals surface area contributed by atoms with E-state index in [1.165, 1.54) is 6.42 Å². The van der Waals surface area contributed by atoms with Crippen LogP contribution >= 0.6 is 0 Å². The molecular formula is C14H19N3O2. The average Bonchev–Trinajstić information content (AvgIpc) is 2.48. The molecule has 1 fully saturated rings. The third-order valence-corrected chi connectivity index (χ3v) is 3.26. The number of benzene rings is 1. The smallest absolute Gasteiger partial charge is 0.255 e. The molecular weight excluding hydrogens is 242 g/mol. The summed E-state index contributed by atoms with van der Waals surface area (Å²) in [6.07, 6.45) is 3.27. The zero-order chi connectivity index (χ0) is 13.7. The number of hydrogen-bond donors (Lipinski definition) is 2. The molecule has 0 atom stereocenters. The van der Waals surface area contributed by atoms with Crippen LogP contribution in [0.1, 0.15) is 29.6 Å². The zero-order valence-electron chi connectivity index (χ0n) is 10.9. The molecule has 0 bridgehead atoms. The van der Waals surface area contributed by atoms with Crippen LogP contribution in [0.3, 0.4) is 0 Å². The second kappa shape index (κ2) is 6.33. The predicted octanol–water partition coefficient (Wildman–Crippen LogP) is 1.21. The Morgan fingerprint density at radius 1 is 1.16 bits per heavy atom. The average molecular weight is 261 g/mol. The summed E-state index contributed by atoms with van der Waals surface area (Å²) in [7, 11) is 0. The fourth-order valence-corrected chi connectivity index (χ4v) is 2.25. The van der Waals surface area contributed by atoms with E-state index in [0.717, 1.165) is 25.9 Å². The molecule has 1 saturated heterocycles. The summed E-state index contributed by atoms with van der Waals surface area (Å²) in [5.41, 5.74) is 6.35. The van der Waals surface area contributed by atoms with Gasteiger partial charge < -0.3 is 16.0 Å². The van der Waals surface area contributed by atoms with Gasteiger partial charge in [-0.2, -0.15) is 0 Å². The number of nitrogens with zero attached hydrogens (tertiary/aromatic N) is 1. The molecule has 5 nitrogen and oxygen atoms in total. The molecule has 0 aliphatic carbocycles. The van der Waals surface area contributed by atoms with Crippen LogP contribution < -0.4 is 11.1 Å². The Labute approximate surface area is 112 Å². The van der Waals surface area contributed by atoms with Crippen molar-refractivity contribution in [1.29, 1.82) is 0 Å². The monoisotopic (exact) mass is 261 g/mol. The Morgan fingerprint density at radius 2 is 1.84 bits per heavy atom. The first-order valence-corrected chi connectivity index (χ1v) is 6.60. The van der Waals surface area contributed by atoms with E-state index < -0.39 is 0 Å². The molecule has 0 unspecified atom stereocenters. The number of para-hydroxylation sites is 1. The van der Waals surface area contributed by atoms with Crippen molar-refractivity contribution in [2.45, 2.75) is 19.3 Å². The van der Waals surface area contributed by atoms with Crippen molar-refractivity contribution < 1.29 is 9.59 Å². The maximum atomic E-state index is 12.4. The van der Waals surface area contributed by atoms with E-state index in [1.807, 2.05) is 4.90 Å². The van der Waals surface area contributed by atoms with Gasteiger partial charge in [0.15, 0.2) is 0 Å². The first-order chi connectivity index (χ1) is 9.22. The van der Waals surface area contributed by atoms with E-state index in [1.54, 1.807) is 24.3 Å². The topological polar surface area (TPSA) is 75.4 Å². The molecule has 0 spiro atoms. The number of hydrogen-bond acceptors (Lipinski definition) is 3. The SMILES string of the molecule is NCC(=O)Nc1ccccc1C(=O)N1CCCCC1. The Morgan fingerprint density at radius 3 is 2.53 bits per heavy atom. The molecule has 0 saturated carbocycles. The lowest BCUT2D eigenvalue weighted by Crippen LogP contribution is -2.36. The normalized spacial score (nSPS) is 15.1. The minimum Gasteiger partial charge on any atom is -0.339 e. The Hall–Kier alpha value is -1.88. The van der Waals surface area contributed by atoms with Crippen LogP contribution in [0.15, 0.2) is 24.3 Å². The van der Waals surface area contributed by atoms with Crippen LogP contribution in [0.5, 0.6) is 0 Å². The molecule has 2 rings (SSSR count). The quantitative estimate of drug-likeness (QED) is 0.858. The van der Waals surface area contributed by atoms with Gasteiger partial charge in [0.25, 0.3) is 5.91 Å². The fourth-order valence-electron chi connectivity index (χ4n) is 2.25. The summed E-state index contributed by atoms with van der Waals surface area (Å²) in [6.45, 7) is 1.49. The molecule has 1 aliphatic heterocycles. The van der Waals surface area contributed by atoms with Crippen LogP contribution in [0, 0.1) is 0 Å². The molecule has 1 aromatic rings. The van der Waals surface area contributed by atoms with Gasteiger partial charge in [-0.05, 0) is 31.4 Å². The molecule has 2 amide bonds. The number of piperidine rings is 1. The van der Waals surface area contributed by atoms with Crippen LogP contribution in [-0.4, -0.2) is 36.3 Å². The largest absolute Gasteiger partial charge is 0.339 e. The van der Waals surface area contributed by atoms with Crippen molar-refractivity contribution in [2.75, 3.05) is 25.0 Å². The summed E-state index contributed by atoms with van der Waals surface area (Å²) in [5, 5.41) is 2.67. The standard InChI is InChI=1S/C14H19N3O2/c15-10-13(18)16-12-7-3-2-6-11(12)14(19)17-8-4-1-5-9-17/h2-3,6-7H,1,4-5,8-10,15H2,(H,16,18). The second-order valence-corrected chi connectivity index (χ2v) is 4.65. The minimum atomic E-state index is -0.293. The number of nitrogens with one attached hydrogen (secondary N) is 1. The Balaban J connectivity index is 2.18. The highest BCUT2D eigenvalue weighted by molar-refractivity contribution is 6.04. The lowest BCUT2D eigenvalue weighted by Gasteiger charge is -2.27. The summed E-state index contributed by atoms with van der Waals surface area (Å²) < 4.78 is 0. The molecule has 102 valence electrons. The van der Waals surface area contributed by atoms with E-state index in [2.05, 4.69) is 5.32 Å². The number of rotatable bonds is 3. The Kier molecular flexibility index (Phi) is 4.52. The van der Waals surface area contributed by atoms with Gasteiger partial charge in [0.1, 0.15) is 0 Å². The second-order valence-electron chi connectivity index (χ2n) is 4.65. The van der Waals surface area contributed by atoms with Gasteiger partial charge >= 0.3 is 0 Å². The van der Waals surface area contributed by atoms with Gasteiger partial charge in [-0.1, -0.05) is 12.1 Å². The van der Waals surface area contributed by atoms with Crippen molar-refractivity contribution in [3.8, 4) is 0 Å². The Bertz CT molecular complexity index is 468. The molecule has 1 aliphatic rings. The maximum Gasteiger partial charge on any atom is 0.255 e. The molecule has 19 heavy (non-hydrogen) atoms. The highest BCUT2D eigenvalue weighted by Crippen LogP contribution is 2.19. The van der Waals surface area contributed by atoms with Crippen LogP contribution in [0.4, 0.5) is 5.69 Å². The first kappa shape index (κ1) is 13.5. The molecule has 5 heteroatoms. The van der Waals surface area contributed by atoms with Crippen LogP contribution in [0.25, 0.3) is 0 Å². The van der Waals surface area contributed by atoms with Gasteiger partial charge in [-0.15, -0.1) is 0 Å².